The minimum atomic E-state index is -0.105. The van der Waals surface area contributed by atoms with Crippen LogP contribution in [0.4, 0.5) is 0 Å². The first-order valence-corrected chi connectivity index (χ1v) is 11.3. The number of aromatic nitrogens is 1. The molecule has 0 aliphatic carbocycles. The summed E-state index contributed by atoms with van der Waals surface area (Å²) in [6.45, 7) is 6.29. The van der Waals surface area contributed by atoms with E-state index in [0.29, 0.717) is 24.5 Å². The lowest BCUT2D eigenvalue weighted by atomic mass is 10.1. The Balaban J connectivity index is 1.28. The zero-order valence-electron chi connectivity index (χ0n) is 17.3. The maximum absolute atomic E-state index is 12.6. The Kier molecular flexibility index (Phi) is 6.77. The van der Waals surface area contributed by atoms with Crippen molar-refractivity contribution in [3.63, 3.8) is 0 Å². The van der Waals surface area contributed by atoms with E-state index in [2.05, 4.69) is 39.5 Å². The second kappa shape index (κ2) is 9.87. The number of carbonyl (C=O) groups is 1. The lowest BCUT2D eigenvalue weighted by molar-refractivity contribution is 0.0950. The van der Waals surface area contributed by atoms with E-state index in [-0.39, 0.29) is 5.91 Å². The molecule has 0 atom stereocenters. The van der Waals surface area contributed by atoms with E-state index < -0.39 is 0 Å². The highest BCUT2D eigenvalue weighted by Gasteiger charge is 2.12. The van der Waals surface area contributed by atoms with Crippen molar-refractivity contribution in [1.29, 1.82) is 0 Å². The van der Waals surface area contributed by atoms with E-state index in [4.69, 9.17) is 4.74 Å². The van der Waals surface area contributed by atoms with Crippen molar-refractivity contribution in [2.24, 2.45) is 0 Å². The molecule has 3 aromatic rings. The van der Waals surface area contributed by atoms with Gasteiger partial charge in [0.15, 0.2) is 0 Å². The van der Waals surface area contributed by atoms with Crippen LogP contribution in [-0.4, -0.2) is 28.9 Å². The van der Waals surface area contributed by atoms with Crippen LogP contribution in [0, 0.1) is 6.92 Å². The average molecular weight is 422 g/mol. The Morgan fingerprint density at radius 2 is 1.90 bits per heavy atom. The first-order valence-electron chi connectivity index (χ1n) is 10.4. The number of nitrogens with zero attached hydrogens (tertiary/aromatic N) is 2. The number of nitrogens with one attached hydrogen (secondary N) is 1. The van der Waals surface area contributed by atoms with Crippen molar-refractivity contribution in [1.82, 2.24) is 15.2 Å². The minimum absolute atomic E-state index is 0.105. The third-order valence-corrected chi connectivity index (χ3v) is 6.05. The van der Waals surface area contributed by atoms with Crippen LogP contribution in [0.1, 0.15) is 45.0 Å². The van der Waals surface area contributed by atoms with Crippen LogP contribution in [0.15, 0.2) is 53.9 Å². The van der Waals surface area contributed by atoms with Gasteiger partial charge in [-0.3, -0.25) is 9.69 Å². The van der Waals surface area contributed by atoms with Crippen LogP contribution >= 0.6 is 11.3 Å². The van der Waals surface area contributed by atoms with Crippen LogP contribution in [0.25, 0.3) is 0 Å². The van der Waals surface area contributed by atoms with E-state index in [1.165, 1.54) is 31.5 Å². The van der Waals surface area contributed by atoms with E-state index in [1.807, 2.05) is 24.4 Å². The maximum Gasteiger partial charge on any atom is 0.251 e. The molecule has 2 aromatic carbocycles. The van der Waals surface area contributed by atoms with Gasteiger partial charge < -0.3 is 10.1 Å². The first kappa shape index (κ1) is 20.6. The minimum Gasteiger partial charge on any atom is -0.487 e. The van der Waals surface area contributed by atoms with Gasteiger partial charge in [-0.05, 0) is 62.2 Å². The Bertz CT molecular complexity index is 978. The van der Waals surface area contributed by atoms with E-state index >= 15 is 0 Å². The quantitative estimate of drug-likeness (QED) is 0.579. The molecule has 1 saturated heterocycles. The molecule has 5 nitrogen and oxygen atoms in total. The van der Waals surface area contributed by atoms with Crippen LogP contribution in [-0.2, 0) is 19.7 Å². The third-order valence-electron chi connectivity index (χ3n) is 5.23. The SMILES string of the molecule is Cc1nc(COc2cccc(C(=O)NCc3ccc(CN4CCCC4)cc3)c2)cs1. The number of aryl methyl sites for hydroxylation is 1. The zero-order valence-corrected chi connectivity index (χ0v) is 18.1. The Labute approximate surface area is 181 Å². The molecule has 1 aliphatic heterocycles. The Hall–Kier alpha value is -2.70. The molecule has 1 amide bonds. The number of likely N-dealkylation sites (tertiary alicyclic amines) is 1. The lowest BCUT2D eigenvalue weighted by Gasteiger charge is -2.14. The summed E-state index contributed by atoms with van der Waals surface area (Å²) in [7, 11) is 0. The molecule has 1 fully saturated rings. The summed E-state index contributed by atoms with van der Waals surface area (Å²) < 4.78 is 5.79. The number of hydrogen-bond donors (Lipinski definition) is 1. The van der Waals surface area contributed by atoms with Gasteiger partial charge in [0.05, 0.1) is 10.7 Å². The summed E-state index contributed by atoms with van der Waals surface area (Å²) in [4.78, 5) is 19.4. The fourth-order valence-electron chi connectivity index (χ4n) is 3.60. The van der Waals surface area contributed by atoms with Gasteiger partial charge in [-0.25, -0.2) is 4.98 Å². The summed E-state index contributed by atoms with van der Waals surface area (Å²) in [6, 6.07) is 15.8. The number of thiazole rings is 1. The topological polar surface area (TPSA) is 54.5 Å². The summed E-state index contributed by atoms with van der Waals surface area (Å²) in [5.74, 6) is 0.561. The zero-order chi connectivity index (χ0) is 20.8. The second-order valence-electron chi connectivity index (χ2n) is 7.66. The van der Waals surface area contributed by atoms with Gasteiger partial charge in [0.1, 0.15) is 12.4 Å². The van der Waals surface area contributed by atoms with Crippen molar-refractivity contribution >= 4 is 17.2 Å². The number of amides is 1. The highest BCUT2D eigenvalue weighted by molar-refractivity contribution is 7.09. The lowest BCUT2D eigenvalue weighted by Crippen LogP contribution is -2.23. The number of carbonyl (C=O) groups excluding carboxylic acids is 1. The molecule has 0 bridgehead atoms. The number of rotatable bonds is 8. The summed E-state index contributed by atoms with van der Waals surface area (Å²) in [5, 5.41) is 6.00. The Morgan fingerprint density at radius 1 is 1.13 bits per heavy atom. The first-order chi connectivity index (χ1) is 14.7. The molecule has 2 heterocycles. The number of ether oxygens (including phenoxy) is 1. The molecule has 0 unspecified atom stereocenters. The maximum atomic E-state index is 12.6. The summed E-state index contributed by atoms with van der Waals surface area (Å²) in [6.07, 6.45) is 2.61. The van der Waals surface area contributed by atoms with Gasteiger partial charge in [0, 0.05) is 24.0 Å². The molecule has 6 heteroatoms. The van der Waals surface area contributed by atoms with Crippen LogP contribution in [0.3, 0.4) is 0 Å². The van der Waals surface area contributed by atoms with Crippen molar-refractivity contribution < 1.29 is 9.53 Å². The smallest absolute Gasteiger partial charge is 0.251 e. The normalized spacial score (nSPS) is 14.0. The van der Waals surface area contributed by atoms with Gasteiger partial charge in [-0.2, -0.15) is 0 Å². The van der Waals surface area contributed by atoms with Crippen molar-refractivity contribution in [3.8, 4) is 5.75 Å². The largest absolute Gasteiger partial charge is 0.487 e. The van der Waals surface area contributed by atoms with Gasteiger partial charge in [-0.1, -0.05) is 30.3 Å². The predicted octanol–water partition coefficient (Wildman–Crippen LogP) is 4.56. The van der Waals surface area contributed by atoms with Gasteiger partial charge in [0.2, 0.25) is 0 Å². The number of benzene rings is 2. The molecule has 0 radical (unpaired) electrons. The van der Waals surface area contributed by atoms with Crippen LogP contribution < -0.4 is 10.1 Å². The summed E-state index contributed by atoms with van der Waals surface area (Å²) >= 11 is 1.60. The molecule has 30 heavy (non-hydrogen) atoms. The molecular formula is C24H27N3O2S. The predicted molar refractivity (Wildman–Crippen MR) is 120 cm³/mol. The molecule has 156 valence electrons. The van der Waals surface area contributed by atoms with Crippen molar-refractivity contribution in [2.75, 3.05) is 13.1 Å². The monoisotopic (exact) mass is 421 g/mol. The fraction of sp³-hybridized carbons (Fsp3) is 0.333. The van der Waals surface area contributed by atoms with Crippen LogP contribution in [0.5, 0.6) is 5.75 Å². The highest BCUT2D eigenvalue weighted by Crippen LogP contribution is 2.17. The fourth-order valence-corrected chi connectivity index (χ4v) is 4.20. The van der Waals surface area contributed by atoms with Crippen LogP contribution in [0.2, 0.25) is 0 Å². The van der Waals surface area contributed by atoms with Crippen molar-refractivity contribution in [3.05, 3.63) is 81.3 Å². The average Bonchev–Trinajstić information content (AvgIpc) is 3.43. The molecule has 1 N–H and O–H groups in total. The molecule has 0 saturated carbocycles. The highest BCUT2D eigenvalue weighted by atomic mass is 32.1. The van der Waals surface area contributed by atoms with E-state index in [9.17, 15) is 4.79 Å². The van der Waals surface area contributed by atoms with Gasteiger partial charge >= 0.3 is 0 Å². The number of hydrogen-bond acceptors (Lipinski definition) is 5. The van der Waals surface area contributed by atoms with Crippen molar-refractivity contribution in [2.45, 2.75) is 39.5 Å². The molecule has 1 aliphatic rings. The van der Waals surface area contributed by atoms with Gasteiger partial charge in [-0.15, -0.1) is 11.3 Å². The second-order valence-corrected chi connectivity index (χ2v) is 8.72. The molecular weight excluding hydrogens is 394 g/mol. The van der Waals surface area contributed by atoms with Gasteiger partial charge in [0.25, 0.3) is 5.91 Å². The van der Waals surface area contributed by atoms with E-state index in [0.717, 1.165) is 22.8 Å². The van der Waals surface area contributed by atoms with E-state index in [1.54, 1.807) is 23.5 Å². The third kappa shape index (κ3) is 5.68. The molecule has 1 aromatic heterocycles. The molecule has 4 rings (SSSR count). The molecule has 0 spiro atoms. The Morgan fingerprint density at radius 3 is 2.63 bits per heavy atom. The standard InChI is InChI=1S/C24H27N3O2S/c1-18-26-22(17-30-18)16-29-23-6-4-5-21(13-23)24(28)25-14-19-7-9-20(10-8-19)15-27-11-2-3-12-27/h4-10,13,17H,2-3,11-12,14-16H2,1H3,(H,25,28). The summed E-state index contributed by atoms with van der Waals surface area (Å²) in [5.41, 5.74) is 3.92.